The van der Waals surface area contributed by atoms with Crippen molar-refractivity contribution < 1.29 is 13.9 Å². The summed E-state index contributed by atoms with van der Waals surface area (Å²) in [7, 11) is 0. The number of ether oxygens (including phenoxy) is 2. The van der Waals surface area contributed by atoms with Crippen molar-refractivity contribution in [3.05, 3.63) is 35.1 Å². The summed E-state index contributed by atoms with van der Waals surface area (Å²) in [6.45, 7) is 5.56. The highest BCUT2D eigenvalue weighted by atomic mass is 19.1. The summed E-state index contributed by atoms with van der Waals surface area (Å²) >= 11 is 0. The second-order valence-corrected chi connectivity index (χ2v) is 5.22. The molecular formula is C15H23FN2O2. The molecular weight excluding hydrogens is 259 g/mol. The maximum atomic E-state index is 13.8. The predicted octanol–water partition coefficient (Wildman–Crippen LogP) is 2.22. The summed E-state index contributed by atoms with van der Waals surface area (Å²) < 4.78 is 25.2. The first-order valence-corrected chi connectivity index (χ1v) is 7.07. The van der Waals surface area contributed by atoms with Crippen LogP contribution >= 0.6 is 0 Å². The molecule has 1 fully saturated rings. The molecule has 112 valence electrons. The summed E-state index contributed by atoms with van der Waals surface area (Å²) in [6, 6.07) is 4.96. The fourth-order valence-corrected chi connectivity index (χ4v) is 2.86. The van der Waals surface area contributed by atoms with Gasteiger partial charge in [-0.05, 0) is 31.0 Å². The van der Waals surface area contributed by atoms with Crippen LogP contribution in [0.3, 0.4) is 0 Å². The Morgan fingerprint density at radius 2 is 2.15 bits per heavy atom. The molecule has 1 atom stereocenters. The van der Waals surface area contributed by atoms with Crippen LogP contribution in [0.2, 0.25) is 0 Å². The maximum Gasteiger partial charge on any atom is 0.126 e. The lowest BCUT2D eigenvalue weighted by molar-refractivity contribution is -0.128. The van der Waals surface area contributed by atoms with Crippen molar-refractivity contribution in [2.75, 3.05) is 19.8 Å². The SMILES string of the molecule is CCOC1(C(NN)c2ccc(C)c(F)c2)CCOCC1. The monoisotopic (exact) mass is 282 g/mol. The molecule has 4 nitrogen and oxygen atoms in total. The van der Waals surface area contributed by atoms with Gasteiger partial charge in [-0.2, -0.15) is 0 Å². The van der Waals surface area contributed by atoms with Gasteiger partial charge in [0.25, 0.3) is 0 Å². The molecule has 0 bridgehead atoms. The summed E-state index contributed by atoms with van der Waals surface area (Å²) in [5.41, 5.74) is 3.81. The van der Waals surface area contributed by atoms with Crippen LogP contribution in [-0.2, 0) is 9.47 Å². The van der Waals surface area contributed by atoms with Gasteiger partial charge < -0.3 is 9.47 Å². The van der Waals surface area contributed by atoms with Crippen LogP contribution in [0.25, 0.3) is 0 Å². The van der Waals surface area contributed by atoms with Gasteiger partial charge in [-0.1, -0.05) is 12.1 Å². The second kappa shape index (κ2) is 6.63. The van der Waals surface area contributed by atoms with E-state index in [2.05, 4.69) is 5.43 Å². The molecule has 1 unspecified atom stereocenters. The van der Waals surface area contributed by atoms with Crippen LogP contribution < -0.4 is 11.3 Å². The zero-order chi connectivity index (χ0) is 14.6. The molecule has 0 radical (unpaired) electrons. The number of hydrogen-bond acceptors (Lipinski definition) is 4. The van der Waals surface area contributed by atoms with Gasteiger partial charge in [0.2, 0.25) is 0 Å². The van der Waals surface area contributed by atoms with Crippen molar-refractivity contribution in [1.29, 1.82) is 0 Å². The van der Waals surface area contributed by atoms with E-state index in [0.717, 1.165) is 18.4 Å². The van der Waals surface area contributed by atoms with E-state index in [4.69, 9.17) is 15.3 Å². The van der Waals surface area contributed by atoms with Gasteiger partial charge in [-0.25, -0.2) is 4.39 Å². The second-order valence-electron chi connectivity index (χ2n) is 5.22. The fraction of sp³-hybridized carbons (Fsp3) is 0.600. The average molecular weight is 282 g/mol. The highest BCUT2D eigenvalue weighted by Gasteiger charge is 2.41. The number of hydrazine groups is 1. The molecule has 0 amide bonds. The minimum absolute atomic E-state index is 0.221. The Morgan fingerprint density at radius 3 is 2.70 bits per heavy atom. The van der Waals surface area contributed by atoms with Gasteiger partial charge in [-0.3, -0.25) is 11.3 Å². The molecule has 2 rings (SSSR count). The van der Waals surface area contributed by atoms with E-state index < -0.39 is 5.60 Å². The molecule has 20 heavy (non-hydrogen) atoms. The Kier molecular flexibility index (Phi) is 5.10. The van der Waals surface area contributed by atoms with Crippen molar-refractivity contribution in [2.45, 2.75) is 38.3 Å². The van der Waals surface area contributed by atoms with Gasteiger partial charge in [0, 0.05) is 32.7 Å². The van der Waals surface area contributed by atoms with Crippen molar-refractivity contribution in [1.82, 2.24) is 5.43 Å². The minimum Gasteiger partial charge on any atom is -0.381 e. The maximum absolute atomic E-state index is 13.8. The number of hydrogen-bond donors (Lipinski definition) is 2. The molecule has 0 aromatic heterocycles. The molecule has 1 saturated heterocycles. The Labute approximate surface area is 119 Å². The molecule has 1 aliphatic rings. The van der Waals surface area contributed by atoms with Crippen LogP contribution in [0.15, 0.2) is 18.2 Å². The lowest BCUT2D eigenvalue weighted by Gasteiger charge is -2.43. The lowest BCUT2D eigenvalue weighted by Crippen LogP contribution is -2.51. The summed E-state index contributed by atoms with van der Waals surface area (Å²) in [4.78, 5) is 0. The standard InChI is InChI=1S/C15H23FN2O2/c1-3-20-15(6-8-19-9-7-15)14(18-17)12-5-4-11(2)13(16)10-12/h4-5,10,14,18H,3,6-9,17H2,1-2H3. The third-order valence-electron chi connectivity index (χ3n) is 3.99. The van der Waals surface area contributed by atoms with Gasteiger partial charge >= 0.3 is 0 Å². The summed E-state index contributed by atoms with van der Waals surface area (Å²) in [5.74, 6) is 5.53. The first-order valence-electron chi connectivity index (χ1n) is 7.07. The van der Waals surface area contributed by atoms with E-state index in [0.29, 0.717) is 25.4 Å². The molecule has 1 aromatic carbocycles. The van der Waals surface area contributed by atoms with Gasteiger partial charge in [-0.15, -0.1) is 0 Å². The number of aryl methyl sites for hydroxylation is 1. The molecule has 1 heterocycles. The van der Waals surface area contributed by atoms with E-state index in [1.807, 2.05) is 13.0 Å². The quantitative estimate of drug-likeness (QED) is 0.642. The Bertz CT molecular complexity index is 442. The van der Waals surface area contributed by atoms with Crippen LogP contribution in [-0.4, -0.2) is 25.4 Å². The minimum atomic E-state index is -0.441. The van der Waals surface area contributed by atoms with Crippen LogP contribution in [0.4, 0.5) is 4.39 Å². The zero-order valence-corrected chi connectivity index (χ0v) is 12.1. The van der Waals surface area contributed by atoms with E-state index in [-0.39, 0.29) is 11.9 Å². The third-order valence-corrected chi connectivity index (χ3v) is 3.99. The van der Waals surface area contributed by atoms with Crippen LogP contribution in [0.1, 0.15) is 36.9 Å². The normalized spacial score (nSPS) is 19.8. The number of benzene rings is 1. The molecule has 1 aliphatic heterocycles. The lowest BCUT2D eigenvalue weighted by atomic mass is 9.82. The number of nitrogens with one attached hydrogen (secondary N) is 1. The van der Waals surface area contributed by atoms with Gasteiger partial charge in [0.15, 0.2) is 0 Å². The van der Waals surface area contributed by atoms with E-state index in [1.54, 1.807) is 13.0 Å². The van der Waals surface area contributed by atoms with Crippen molar-refractivity contribution >= 4 is 0 Å². The van der Waals surface area contributed by atoms with Crippen LogP contribution in [0.5, 0.6) is 0 Å². The van der Waals surface area contributed by atoms with E-state index in [9.17, 15) is 4.39 Å². The Balaban J connectivity index is 2.34. The largest absolute Gasteiger partial charge is 0.381 e. The first-order chi connectivity index (χ1) is 9.63. The van der Waals surface area contributed by atoms with E-state index >= 15 is 0 Å². The van der Waals surface area contributed by atoms with Gasteiger partial charge in [0.05, 0.1) is 11.6 Å². The fourth-order valence-electron chi connectivity index (χ4n) is 2.86. The number of halogens is 1. The molecule has 0 saturated carbocycles. The summed E-state index contributed by atoms with van der Waals surface area (Å²) in [5, 5.41) is 0. The molecule has 1 aromatic rings. The highest BCUT2D eigenvalue weighted by Crippen LogP contribution is 2.37. The Morgan fingerprint density at radius 1 is 1.45 bits per heavy atom. The molecule has 0 aliphatic carbocycles. The molecule has 0 spiro atoms. The molecule has 5 heteroatoms. The van der Waals surface area contributed by atoms with E-state index in [1.165, 1.54) is 6.07 Å². The van der Waals surface area contributed by atoms with Crippen molar-refractivity contribution in [3.63, 3.8) is 0 Å². The highest BCUT2D eigenvalue weighted by molar-refractivity contribution is 5.28. The zero-order valence-electron chi connectivity index (χ0n) is 12.1. The van der Waals surface area contributed by atoms with Crippen molar-refractivity contribution in [3.8, 4) is 0 Å². The number of nitrogens with two attached hydrogens (primary N) is 1. The Hall–Kier alpha value is -1.01. The number of rotatable bonds is 5. The van der Waals surface area contributed by atoms with Crippen LogP contribution in [0, 0.1) is 12.7 Å². The summed E-state index contributed by atoms with van der Waals surface area (Å²) in [6.07, 6.45) is 1.48. The predicted molar refractivity (Wildman–Crippen MR) is 75.6 cm³/mol. The first kappa shape index (κ1) is 15.4. The van der Waals surface area contributed by atoms with Gasteiger partial charge in [0.1, 0.15) is 5.82 Å². The van der Waals surface area contributed by atoms with Crippen molar-refractivity contribution in [2.24, 2.45) is 5.84 Å². The molecule has 3 N–H and O–H groups in total. The third kappa shape index (κ3) is 3.01. The topological polar surface area (TPSA) is 56.5 Å². The average Bonchev–Trinajstić information content (AvgIpc) is 2.45. The smallest absolute Gasteiger partial charge is 0.126 e.